The van der Waals surface area contributed by atoms with Crippen molar-refractivity contribution in [1.82, 2.24) is 9.38 Å². The summed E-state index contributed by atoms with van der Waals surface area (Å²) >= 11 is 0. The molecule has 7 heteroatoms. The molecule has 0 aliphatic heterocycles. The number of nitrogens with zero attached hydrogens (tertiary/aromatic N) is 3. The number of aromatic nitrogens is 2. The Morgan fingerprint density at radius 1 is 1.05 bits per heavy atom. The fourth-order valence-corrected chi connectivity index (χ4v) is 2.02. The number of imidazole rings is 1. The summed E-state index contributed by atoms with van der Waals surface area (Å²) in [7, 11) is 0. The van der Waals surface area contributed by atoms with Crippen molar-refractivity contribution in [2.24, 2.45) is 0 Å². The topological polar surface area (TPSA) is 50.3 Å². The van der Waals surface area contributed by atoms with E-state index >= 15 is 0 Å². The van der Waals surface area contributed by atoms with Crippen LogP contribution in [0.3, 0.4) is 0 Å². The molecule has 0 radical (unpaired) electrons. The van der Waals surface area contributed by atoms with Gasteiger partial charge in [0, 0.05) is 18.0 Å². The molecule has 1 aromatic carbocycles. The minimum absolute atomic E-state index is 0.285. The van der Waals surface area contributed by atoms with Crippen molar-refractivity contribution in [2.75, 3.05) is 0 Å². The third-order valence-electron chi connectivity index (χ3n) is 2.96. The van der Waals surface area contributed by atoms with Crippen LogP contribution >= 0.6 is 0 Å². The first kappa shape index (κ1) is 13.9. The van der Waals surface area contributed by atoms with Gasteiger partial charge in [0.05, 0.1) is 11.3 Å². The van der Waals surface area contributed by atoms with Crippen molar-refractivity contribution in [1.29, 1.82) is 5.26 Å². The highest BCUT2D eigenvalue weighted by Gasteiger charge is 2.30. The van der Waals surface area contributed by atoms with E-state index in [9.17, 15) is 13.2 Å². The number of fused-ring (bicyclic) bond motifs is 1. The van der Waals surface area contributed by atoms with E-state index in [1.54, 1.807) is 28.9 Å². The van der Waals surface area contributed by atoms with E-state index in [0.29, 0.717) is 22.5 Å². The van der Waals surface area contributed by atoms with Gasteiger partial charge in [-0.25, -0.2) is 4.98 Å². The first-order valence-corrected chi connectivity index (χ1v) is 6.20. The summed E-state index contributed by atoms with van der Waals surface area (Å²) in [4.78, 5) is 4.35. The number of hydrogen-bond acceptors (Lipinski definition) is 3. The highest BCUT2D eigenvalue weighted by molar-refractivity contribution is 5.63. The number of rotatable bonds is 2. The first-order chi connectivity index (χ1) is 10.4. The highest BCUT2D eigenvalue weighted by atomic mass is 19.4. The van der Waals surface area contributed by atoms with Crippen LogP contribution in [0.15, 0.2) is 48.8 Å². The van der Waals surface area contributed by atoms with Gasteiger partial charge in [-0.1, -0.05) is 0 Å². The Morgan fingerprint density at radius 3 is 2.41 bits per heavy atom. The van der Waals surface area contributed by atoms with Crippen LogP contribution in [0.1, 0.15) is 5.56 Å². The minimum Gasteiger partial charge on any atom is -0.406 e. The molecule has 0 fully saturated rings. The van der Waals surface area contributed by atoms with Gasteiger partial charge in [0.2, 0.25) is 0 Å². The molecule has 3 rings (SSSR count). The normalized spacial score (nSPS) is 11.4. The molecule has 0 spiro atoms. The number of nitriles is 1. The van der Waals surface area contributed by atoms with E-state index in [4.69, 9.17) is 5.26 Å². The molecule has 3 aromatic rings. The lowest BCUT2D eigenvalue weighted by atomic mass is 10.2. The third-order valence-corrected chi connectivity index (χ3v) is 2.96. The molecule has 22 heavy (non-hydrogen) atoms. The molecule has 0 saturated carbocycles. The zero-order valence-electron chi connectivity index (χ0n) is 11.0. The summed E-state index contributed by atoms with van der Waals surface area (Å²) in [6.45, 7) is 0. The fourth-order valence-electron chi connectivity index (χ4n) is 2.02. The average molecular weight is 303 g/mol. The number of alkyl halides is 3. The Bertz CT molecular complexity index is 860. The average Bonchev–Trinajstić information content (AvgIpc) is 2.89. The minimum atomic E-state index is -4.71. The Morgan fingerprint density at radius 2 is 1.77 bits per heavy atom. The van der Waals surface area contributed by atoms with Crippen molar-refractivity contribution in [2.45, 2.75) is 6.36 Å². The van der Waals surface area contributed by atoms with Crippen LogP contribution in [0.2, 0.25) is 0 Å². The van der Waals surface area contributed by atoms with Gasteiger partial charge < -0.3 is 9.14 Å². The maximum Gasteiger partial charge on any atom is 0.573 e. The smallest absolute Gasteiger partial charge is 0.406 e. The number of ether oxygens (including phenoxy) is 1. The summed E-state index contributed by atoms with van der Waals surface area (Å²) in [5.41, 5.74) is 2.38. The molecule has 0 bridgehead atoms. The zero-order valence-corrected chi connectivity index (χ0v) is 11.0. The lowest BCUT2D eigenvalue weighted by Gasteiger charge is -2.08. The van der Waals surface area contributed by atoms with E-state index in [-0.39, 0.29) is 5.75 Å². The largest absolute Gasteiger partial charge is 0.573 e. The van der Waals surface area contributed by atoms with Gasteiger partial charge >= 0.3 is 6.36 Å². The van der Waals surface area contributed by atoms with Crippen LogP contribution in [-0.4, -0.2) is 15.7 Å². The number of benzene rings is 1. The summed E-state index contributed by atoms with van der Waals surface area (Å²) in [5.74, 6) is -0.285. The predicted octanol–water partition coefficient (Wildman–Crippen LogP) is 3.77. The number of hydrogen-bond donors (Lipinski definition) is 0. The molecule has 0 N–H and O–H groups in total. The van der Waals surface area contributed by atoms with Crippen LogP contribution in [0.5, 0.6) is 5.75 Å². The van der Waals surface area contributed by atoms with Crippen LogP contribution in [0.4, 0.5) is 13.2 Å². The molecule has 2 heterocycles. The van der Waals surface area contributed by atoms with Crippen LogP contribution in [0, 0.1) is 11.3 Å². The molecule has 0 unspecified atom stereocenters. The SMILES string of the molecule is N#Cc1ccc2nc(-c3ccc(OC(F)(F)F)cc3)cn2c1. The summed E-state index contributed by atoms with van der Waals surface area (Å²) in [5, 5.41) is 8.85. The van der Waals surface area contributed by atoms with E-state index < -0.39 is 6.36 Å². The van der Waals surface area contributed by atoms with E-state index in [1.165, 1.54) is 24.3 Å². The molecule has 110 valence electrons. The Kier molecular flexibility index (Phi) is 3.22. The maximum absolute atomic E-state index is 12.1. The summed E-state index contributed by atoms with van der Waals surface area (Å²) in [6.07, 6.45) is -1.37. The van der Waals surface area contributed by atoms with Crippen LogP contribution in [-0.2, 0) is 0 Å². The van der Waals surface area contributed by atoms with Gasteiger partial charge in [-0.2, -0.15) is 5.26 Å². The monoisotopic (exact) mass is 303 g/mol. The first-order valence-electron chi connectivity index (χ1n) is 6.20. The molecule has 0 saturated heterocycles. The fraction of sp³-hybridized carbons (Fsp3) is 0.0667. The number of pyridine rings is 1. The van der Waals surface area contributed by atoms with Gasteiger partial charge in [0.1, 0.15) is 17.5 Å². The Balaban J connectivity index is 1.92. The van der Waals surface area contributed by atoms with Gasteiger partial charge in [-0.05, 0) is 36.4 Å². The quantitative estimate of drug-likeness (QED) is 0.724. The summed E-state index contributed by atoms with van der Waals surface area (Å²) in [6, 6.07) is 10.8. The summed E-state index contributed by atoms with van der Waals surface area (Å²) < 4.78 is 41.8. The van der Waals surface area contributed by atoms with E-state index in [2.05, 4.69) is 9.72 Å². The second kappa shape index (κ2) is 5.07. The second-order valence-electron chi connectivity index (χ2n) is 4.49. The maximum atomic E-state index is 12.1. The highest BCUT2D eigenvalue weighted by Crippen LogP contribution is 2.26. The zero-order chi connectivity index (χ0) is 15.7. The Hall–Kier alpha value is -3.01. The van der Waals surface area contributed by atoms with Crippen molar-refractivity contribution in [3.63, 3.8) is 0 Å². The molecule has 0 amide bonds. The molecule has 0 aliphatic rings. The molecule has 4 nitrogen and oxygen atoms in total. The molecule has 0 aliphatic carbocycles. The molecular formula is C15H8F3N3O. The van der Waals surface area contributed by atoms with Crippen LogP contribution < -0.4 is 4.74 Å². The van der Waals surface area contributed by atoms with Gasteiger partial charge in [0.15, 0.2) is 0 Å². The lowest BCUT2D eigenvalue weighted by Crippen LogP contribution is -2.16. The Labute approximate surface area is 123 Å². The van der Waals surface area contributed by atoms with Crippen molar-refractivity contribution < 1.29 is 17.9 Å². The third kappa shape index (κ3) is 2.86. The predicted molar refractivity (Wildman–Crippen MR) is 72.0 cm³/mol. The second-order valence-corrected chi connectivity index (χ2v) is 4.49. The standard InChI is InChI=1S/C15H8F3N3O/c16-15(17,18)22-12-4-2-11(3-5-12)13-9-21-8-10(7-19)1-6-14(21)20-13/h1-6,8-9H. The van der Waals surface area contributed by atoms with Gasteiger partial charge in [-0.15, -0.1) is 13.2 Å². The molecular weight excluding hydrogens is 295 g/mol. The van der Waals surface area contributed by atoms with Crippen molar-refractivity contribution >= 4 is 5.65 Å². The number of halogens is 3. The van der Waals surface area contributed by atoms with Crippen molar-refractivity contribution in [3.05, 3.63) is 54.4 Å². The van der Waals surface area contributed by atoms with E-state index in [1.807, 2.05) is 6.07 Å². The molecule has 2 aromatic heterocycles. The lowest BCUT2D eigenvalue weighted by molar-refractivity contribution is -0.274. The molecule has 0 atom stereocenters. The van der Waals surface area contributed by atoms with Gasteiger partial charge in [0.25, 0.3) is 0 Å². The van der Waals surface area contributed by atoms with Crippen LogP contribution in [0.25, 0.3) is 16.9 Å². The van der Waals surface area contributed by atoms with Gasteiger partial charge in [-0.3, -0.25) is 0 Å². The van der Waals surface area contributed by atoms with Crippen molar-refractivity contribution in [3.8, 4) is 23.1 Å². The van der Waals surface area contributed by atoms with E-state index in [0.717, 1.165) is 0 Å².